The molecule has 0 aliphatic carbocycles. The molecule has 1 aromatic carbocycles. The molecule has 0 aliphatic heterocycles. The van der Waals surface area contributed by atoms with Crippen LogP contribution in [0.4, 0.5) is 0 Å². The summed E-state index contributed by atoms with van der Waals surface area (Å²) in [6.45, 7) is 4.51. The Morgan fingerprint density at radius 3 is 2.68 bits per heavy atom. The SMILES string of the molecule is COCc1cc(=O)[nH]c(Cc2ccc(C)c(C)c2)n1. The minimum atomic E-state index is -0.138. The summed E-state index contributed by atoms with van der Waals surface area (Å²) in [7, 11) is 1.59. The van der Waals surface area contributed by atoms with Gasteiger partial charge in [-0.15, -0.1) is 0 Å². The molecule has 4 heteroatoms. The number of H-pyrrole nitrogens is 1. The van der Waals surface area contributed by atoms with Crippen molar-refractivity contribution in [2.75, 3.05) is 7.11 Å². The molecule has 2 aromatic rings. The first-order valence-electron chi connectivity index (χ1n) is 6.22. The van der Waals surface area contributed by atoms with Gasteiger partial charge in [-0.3, -0.25) is 4.79 Å². The fraction of sp³-hybridized carbons (Fsp3) is 0.333. The molecule has 4 nitrogen and oxygen atoms in total. The van der Waals surface area contributed by atoms with E-state index in [2.05, 4.69) is 42.0 Å². The van der Waals surface area contributed by atoms with Crippen LogP contribution in [0.5, 0.6) is 0 Å². The number of hydrogen-bond donors (Lipinski definition) is 1. The summed E-state index contributed by atoms with van der Waals surface area (Å²) >= 11 is 0. The molecule has 0 spiro atoms. The Bertz CT molecular complexity index is 632. The Balaban J connectivity index is 2.27. The number of hydrogen-bond acceptors (Lipinski definition) is 3. The normalized spacial score (nSPS) is 10.7. The predicted octanol–water partition coefficient (Wildman–Crippen LogP) is 2.12. The summed E-state index contributed by atoms with van der Waals surface area (Å²) in [6, 6.07) is 7.73. The van der Waals surface area contributed by atoms with Crippen LogP contribution in [0.25, 0.3) is 0 Å². The molecule has 0 bridgehead atoms. The van der Waals surface area contributed by atoms with Gasteiger partial charge >= 0.3 is 0 Å². The van der Waals surface area contributed by atoms with Crippen molar-refractivity contribution < 1.29 is 4.74 Å². The molecule has 0 fully saturated rings. The van der Waals surface area contributed by atoms with E-state index in [1.807, 2.05) is 0 Å². The van der Waals surface area contributed by atoms with Crippen LogP contribution in [0.2, 0.25) is 0 Å². The third-order valence-corrected chi connectivity index (χ3v) is 3.08. The molecule has 0 saturated heterocycles. The summed E-state index contributed by atoms with van der Waals surface area (Å²) in [5, 5.41) is 0. The molecular formula is C15H18N2O2. The van der Waals surface area contributed by atoms with Crippen LogP contribution in [0, 0.1) is 13.8 Å². The van der Waals surface area contributed by atoms with Crippen molar-refractivity contribution in [3.05, 3.63) is 62.8 Å². The van der Waals surface area contributed by atoms with Gasteiger partial charge in [-0.05, 0) is 30.5 Å². The number of aryl methyl sites for hydroxylation is 2. The van der Waals surface area contributed by atoms with Gasteiger partial charge < -0.3 is 9.72 Å². The fourth-order valence-electron chi connectivity index (χ4n) is 1.98. The Labute approximate surface area is 112 Å². The molecule has 0 radical (unpaired) electrons. The first kappa shape index (κ1) is 13.5. The monoisotopic (exact) mass is 258 g/mol. The predicted molar refractivity (Wildman–Crippen MR) is 74.3 cm³/mol. The van der Waals surface area contributed by atoms with E-state index in [-0.39, 0.29) is 5.56 Å². The van der Waals surface area contributed by atoms with Crippen molar-refractivity contribution in [1.82, 2.24) is 9.97 Å². The highest BCUT2D eigenvalue weighted by Gasteiger charge is 2.04. The molecule has 0 unspecified atom stereocenters. The van der Waals surface area contributed by atoms with E-state index in [1.165, 1.54) is 17.2 Å². The first-order chi connectivity index (χ1) is 9.08. The highest BCUT2D eigenvalue weighted by atomic mass is 16.5. The maximum Gasteiger partial charge on any atom is 0.251 e. The van der Waals surface area contributed by atoms with Crippen molar-refractivity contribution in [3.63, 3.8) is 0 Å². The van der Waals surface area contributed by atoms with Crippen molar-refractivity contribution in [2.24, 2.45) is 0 Å². The van der Waals surface area contributed by atoms with Crippen LogP contribution in [0.1, 0.15) is 28.2 Å². The number of nitrogens with zero attached hydrogens (tertiary/aromatic N) is 1. The van der Waals surface area contributed by atoms with Crippen LogP contribution in [-0.4, -0.2) is 17.1 Å². The fourth-order valence-corrected chi connectivity index (χ4v) is 1.98. The zero-order valence-electron chi connectivity index (χ0n) is 11.5. The Hall–Kier alpha value is -1.94. The second kappa shape index (κ2) is 5.80. The molecular weight excluding hydrogens is 240 g/mol. The number of methoxy groups -OCH3 is 1. The molecule has 100 valence electrons. The van der Waals surface area contributed by atoms with E-state index >= 15 is 0 Å². The average Bonchev–Trinajstić information content (AvgIpc) is 2.33. The van der Waals surface area contributed by atoms with Gasteiger partial charge in [-0.25, -0.2) is 4.98 Å². The number of aromatic amines is 1. The van der Waals surface area contributed by atoms with Gasteiger partial charge in [0.15, 0.2) is 0 Å². The van der Waals surface area contributed by atoms with E-state index in [9.17, 15) is 4.79 Å². The summed E-state index contributed by atoms with van der Waals surface area (Å²) in [5.41, 5.74) is 4.16. The Morgan fingerprint density at radius 1 is 1.21 bits per heavy atom. The van der Waals surface area contributed by atoms with Crippen molar-refractivity contribution in [1.29, 1.82) is 0 Å². The van der Waals surface area contributed by atoms with Crippen LogP contribution in [0.15, 0.2) is 29.1 Å². The lowest BCUT2D eigenvalue weighted by Gasteiger charge is -2.06. The van der Waals surface area contributed by atoms with Crippen LogP contribution < -0.4 is 5.56 Å². The Morgan fingerprint density at radius 2 is 2.00 bits per heavy atom. The van der Waals surface area contributed by atoms with Crippen molar-refractivity contribution in [2.45, 2.75) is 26.9 Å². The second-order valence-electron chi connectivity index (χ2n) is 4.71. The quantitative estimate of drug-likeness (QED) is 0.914. The largest absolute Gasteiger partial charge is 0.378 e. The highest BCUT2D eigenvalue weighted by molar-refractivity contribution is 5.31. The lowest BCUT2D eigenvalue weighted by atomic mass is 10.0. The summed E-state index contributed by atoms with van der Waals surface area (Å²) in [4.78, 5) is 18.7. The van der Waals surface area contributed by atoms with Gasteiger partial charge in [0.1, 0.15) is 5.82 Å². The summed E-state index contributed by atoms with van der Waals surface area (Å²) < 4.78 is 5.01. The smallest absolute Gasteiger partial charge is 0.251 e. The molecule has 2 rings (SSSR count). The number of aromatic nitrogens is 2. The summed E-state index contributed by atoms with van der Waals surface area (Å²) in [6.07, 6.45) is 0.619. The molecule has 0 aliphatic rings. The van der Waals surface area contributed by atoms with E-state index in [0.717, 1.165) is 5.56 Å². The van der Waals surface area contributed by atoms with E-state index in [4.69, 9.17) is 4.74 Å². The Kier molecular flexibility index (Phi) is 4.12. The van der Waals surface area contributed by atoms with Crippen LogP contribution in [0.3, 0.4) is 0 Å². The van der Waals surface area contributed by atoms with E-state index < -0.39 is 0 Å². The van der Waals surface area contributed by atoms with Gasteiger partial charge in [0, 0.05) is 19.6 Å². The number of rotatable bonds is 4. The first-order valence-corrected chi connectivity index (χ1v) is 6.22. The minimum Gasteiger partial charge on any atom is -0.378 e. The third-order valence-electron chi connectivity index (χ3n) is 3.08. The highest BCUT2D eigenvalue weighted by Crippen LogP contribution is 2.12. The third kappa shape index (κ3) is 3.51. The molecule has 0 atom stereocenters. The zero-order chi connectivity index (χ0) is 13.8. The van der Waals surface area contributed by atoms with E-state index in [0.29, 0.717) is 24.5 Å². The van der Waals surface area contributed by atoms with Crippen molar-refractivity contribution in [3.8, 4) is 0 Å². The number of benzene rings is 1. The maximum absolute atomic E-state index is 11.5. The van der Waals surface area contributed by atoms with Crippen molar-refractivity contribution >= 4 is 0 Å². The maximum atomic E-state index is 11.5. The second-order valence-corrected chi connectivity index (χ2v) is 4.71. The zero-order valence-corrected chi connectivity index (χ0v) is 11.5. The molecule has 19 heavy (non-hydrogen) atoms. The molecule has 1 N–H and O–H groups in total. The minimum absolute atomic E-state index is 0.138. The van der Waals surface area contributed by atoms with Gasteiger partial charge in [0.2, 0.25) is 0 Å². The molecule has 0 amide bonds. The van der Waals surface area contributed by atoms with Gasteiger partial charge in [-0.1, -0.05) is 18.2 Å². The number of ether oxygens (including phenoxy) is 1. The van der Waals surface area contributed by atoms with Gasteiger partial charge in [0.05, 0.1) is 12.3 Å². The van der Waals surface area contributed by atoms with E-state index in [1.54, 1.807) is 7.11 Å². The topological polar surface area (TPSA) is 55.0 Å². The molecule has 0 saturated carbocycles. The standard InChI is InChI=1S/C15H18N2O2/c1-10-4-5-12(6-11(10)2)7-14-16-13(9-19-3)8-15(18)17-14/h4-6,8H,7,9H2,1-3H3,(H,16,17,18). The van der Waals surface area contributed by atoms with Crippen LogP contribution in [-0.2, 0) is 17.8 Å². The summed E-state index contributed by atoms with van der Waals surface area (Å²) in [5.74, 6) is 0.669. The van der Waals surface area contributed by atoms with Crippen LogP contribution >= 0.6 is 0 Å². The van der Waals surface area contributed by atoms with Gasteiger partial charge in [-0.2, -0.15) is 0 Å². The molecule has 1 aromatic heterocycles. The number of nitrogens with one attached hydrogen (secondary N) is 1. The lowest BCUT2D eigenvalue weighted by molar-refractivity contribution is 0.181. The molecule has 1 heterocycles. The lowest BCUT2D eigenvalue weighted by Crippen LogP contribution is -2.13. The average molecular weight is 258 g/mol. The van der Waals surface area contributed by atoms with Gasteiger partial charge in [0.25, 0.3) is 5.56 Å².